The summed E-state index contributed by atoms with van der Waals surface area (Å²) in [6.45, 7) is 3.01. The molecule has 0 aromatic rings. The van der Waals surface area contributed by atoms with Crippen LogP contribution in [-0.4, -0.2) is 54.5 Å². The highest BCUT2D eigenvalue weighted by Crippen LogP contribution is 2.11. The lowest BCUT2D eigenvalue weighted by molar-refractivity contribution is 0.0443. The molecule has 14 heavy (non-hydrogen) atoms. The summed E-state index contributed by atoms with van der Waals surface area (Å²) in [6.07, 6.45) is 1.32. The molecule has 2 N–H and O–H groups in total. The van der Waals surface area contributed by atoms with E-state index in [1.54, 1.807) is 0 Å². The molecule has 80 valence electrons. The Morgan fingerprint density at radius 1 is 1.64 bits per heavy atom. The van der Waals surface area contributed by atoms with E-state index in [1.165, 1.54) is 0 Å². The second-order valence-electron chi connectivity index (χ2n) is 3.96. The fourth-order valence-electron chi connectivity index (χ4n) is 2.02. The van der Waals surface area contributed by atoms with E-state index in [0.717, 1.165) is 25.9 Å². The van der Waals surface area contributed by atoms with Gasteiger partial charge in [0.1, 0.15) is 6.10 Å². The lowest BCUT2D eigenvalue weighted by atomic mass is 10.1. The van der Waals surface area contributed by atoms with Gasteiger partial charge in [-0.05, 0) is 19.4 Å². The zero-order chi connectivity index (χ0) is 9.97. The van der Waals surface area contributed by atoms with Crippen molar-refractivity contribution in [2.24, 2.45) is 0 Å². The summed E-state index contributed by atoms with van der Waals surface area (Å²) in [6, 6.07) is 0. The Balaban J connectivity index is 1.76. The number of rotatable bonds is 2. The monoisotopic (exact) mass is 200 g/mol. The number of amides is 1. The predicted octanol–water partition coefficient (Wildman–Crippen LogP) is -0.449. The molecule has 2 aliphatic heterocycles. The van der Waals surface area contributed by atoms with Crippen molar-refractivity contribution in [3.05, 3.63) is 0 Å². The van der Waals surface area contributed by atoms with Crippen molar-refractivity contribution in [3.8, 4) is 0 Å². The molecule has 2 fully saturated rings. The first kappa shape index (κ1) is 9.73. The molecule has 0 spiro atoms. The summed E-state index contributed by atoms with van der Waals surface area (Å²) in [5, 5.41) is 12.1. The van der Waals surface area contributed by atoms with Crippen LogP contribution < -0.4 is 5.32 Å². The molecule has 2 aliphatic rings. The number of nitrogens with zero attached hydrogens (tertiary/aromatic N) is 1. The average Bonchev–Trinajstić information content (AvgIpc) is 2.51. The fourth-order valence-corrected chi connectivity index (χ4v) is 2.02. The van der Waals surface area contributed by atoms with Crippen LogP contribution in [-0.2, 0) is 4.74 Å². The number of aliphatic hydroxyl groups is 1. The maximum atomic E-state index is 10.8. The quantitative estimate of drug-likeness (QED) is 0.634. The standard InChI is InChI=1S/C9H16N2O3/c12-7-2-1-3-11(5-7)6-8-4-10-9(13)14-8/h7-8,12H,1-6H2,(H,10,13). The van der Waals surface area contributed by atoms with Crippen LogP contribution in [0.3, 0.4) is 0 Å². The van der Waals surface area contributed by atoms with Gasteiger partial charge in [0.05, 0.1) is 12.6 Å². The number of carbonyl (C=O) groups excluding carboxylic acids is 1. The Morgan fingerprint density at radius 2 is 2.50 bits per heavy atom. The smallest absolute Gasteiger partial charge is 0.407 e. The molecule has 1 amide bonds. The van der Waals surface area contributed by atoms with Crippen LogP contribution in [0.25, 0.3) is 0 Å². The Labute approximate surface area is 83.0 Å². The van der Waals surface area contributed by atoms with E-state index in [9.17, 15) is 9.90 Å². The molecule has 2 saturated heterocycles. The summed E-state index contributed by atoms with van der Waals surface area (Å²) >= 11 is 0. The van der Waals surface area contributed by atoms with Gasteiger partial charge in [-0.2, -0.15) is 0 Å². The van der Waals surface area contributed by atoms with E-state index in [-0.39, 0.29) is 18.3 Å². The molecule has 0 aromatic heterocycles. The van der Waals surface area contributed by atoms with Gasteiger partial charge in [-0.3, -0.25) is 4.90 Å². The molecule has 2 atom stereocenters. The van der Waals surface area contributed by atoms with Crippen LogP contribution in [0.2, 0.25) is 0 Å². The maximum absolute atomic E-state index is 10.8. The van der Waals surface area contributed by atoms with Gasteiger partial charge in [-0.15, -0.1) is 0 Å². The van der Waals surface area contributed by atoms with Gasteiger partial charge in [-0.1, -0.05) is 0 Å². The fraction of sp³-hybridized carbons (Fsp3) is 0.889. The zero-order valence-corrected chi connectivity index (χ0v) is 8.11. The highest BCUT2D eigenvalue weighted by Gasteiger charge is 2.26. The van der Waals surface area contributed by atoms with E-state index in [1.807, 2.05) is 0 Å². The first-order valence-corrected chi connectivity index (χ1v) is 5.09. The van der Waals surface area contributed by atoms with Gasteiger partial charge in [0, 0.05) is 13.1 Å². The maximum Gasteiger partial charge on any atom is 0.407 e. The van der Waals surface area contributed by atoms with Gasteiger partial charge in [0.25, 0.3) is 0 Å². The average molecular weight is 200 g/mol. The van der Waals surface area contributed by atoms with Crippen LogP contribution in [0.5, 0.6) is 0 Å². The van der Waals surface area contributed by atoms with Crippen LogP contribution in [0.1, 0.15) is 12.8 Å². The number of hydrogen-bond acceptors (Lipinski definition) is 4. The molecule has 0 radical (unpaired) electrons. The van der Waals surface area contributed by atoms with E-state index < -0.39 is 0 Å². The van der Waals surface area contributed by atoms with Crippen molar-refractivity contribution >= 4 is 6.09 Å². The molecule has 2 unspecified atom stereocenters. The molecule has 2 heterocycles. The minimum atomic E-state index is -0.326. The number of piperidine rings is 1. The second kappa shape index (κ2) is 4.14. The number of carbonyl (C=O) groups is 1. The van der Waals surface area contributed by atoms with Crippen LogP contribution in [0.15, 0.2) is 0 Å². The van der Waals surface area contributed by atoms with Crippen molar-refractivity contribution in [1.82, 2.24) is 10.2 Å². The number of aliphatic hydroxyl groups excluding tert-OH is 1. The number of ether oxygens (including phenoxy) is 1. The highest BCUT2D eigenvalue weighted by atomic mass is 16.6. The van der Waals surface area contributed by atoms with Crippen LogP contribution in [0.4, 0.5) is 4.79 Å². The molecule has 0 aromatic carbocycles. The number of β-amino-alcohol motifs (C(OH)–C–C–N with tert-alkyl or cyclic N) is 1. The molecule has 2 rings (SSSR count). The van der Waals surface area contributed by atoms with E-state index >= 15 is 0 Å². The third kappa shape index (κ3) is 2.36. The minimum Gasteiger partial charge on any atom is -0.443 e. The van der Waals surface area contributed by atoms with Gasteiger partial charge in [-0.25, -0.2) is 4.79 Å². The van der Waals surface area contributed by atoms with Crippen molar-refractivity contribution in [2.45, 2.75) is 25.0 Å². The Hall–Kier alpha value is -0.810. The molecular formula is C9H16N2O3. The van der Waals surface area contributed by atoms with Gasteiger partial charge in [0.2, 0.25) is 0 Å². The molecule has 5 nitrogen and oxygen atoms in total. The summed E-state index contributed by atoms with van der Waals surface area (Å²) in [7, 11) is 0. The van der Waals surface area contributed by atoms with Gasteiger partial charge >= 0.3 is 6.09 Å². The Morgan fingerprint density at radius 3 is 3.14 bits per heavy atom. The summed E-state index contributed by atoms with van der Waals surface area (Å²) < 4.78 is 5.03. The first-order valence-electron chi connectivity index (χ1n) is 5.09. The van der Waals surface area contributed by atoms with E-state index in [2.05, 4.69) is 10.2 Å². The molecule has 5 heteroatoms. The normalized spacial score (nSPS) is 33.9. The topological polar surface area (TPSA) is 61.8 Å². The number of cyclic esters (lactones) is 1. The first-order chi connectivity index (χ1) is 6.74. The zero-order valence-electron chi connectivity index (χ0n) is 8.11. The van der Waals surface area contributed by atoms with Crippen molar-refractivity contribution < 1.29 is 14.6 Å². The number of hydrogen-bond donors (Lipinski definition) is 2. The number of alkyl carbamates (subject to hydrolysis) is 1. The molecule has 0 aliphatic carbocycles. The Bertz CT molecular complexity index is 222. The molecule has 0 bridgehead atoms. The van der Waals surface area contributed by atoms with Gasteiger partial charge in [0.15, 0.2) is 0 Å². The second-order valence-corrected chi connectivity index (χ2v) is 3.96. The van der Waals surface area contributed by atoms with E-state index in [4.69, 9.17) is 4.74 Å². The SMILES string of the molecule is O=C1NCC(CN2CCCC(O)C2)O1. The summed E-state index contributed by atoms with van der Waals surface area (Å²) in [4.78, 5) is 12.9. The number of nitrogens with one attached hydrogen (secondary N) is 1. The Kier molecular flexibility index (Phi) is 2.88. The van der Waals surface area contributed by atoms with Crippen molar-refractivity contribution in [3.63, 3.8) is 0 Å². The minimum absolute atomic E-state index is 0.0483. The van der Waals surface area contributed by atoms with Crippen molar-refractivity contribution in [2.75, 3.05) is 26.2 Å². The lowest BCUT2D eigenvalue weighted by Crippen LogP contribution is -2.43. The molecule has 0 saturated carbocycles. The van der Waals surface area contributed by atoms with Gasteiger partial charge < -0.3 is 15.2 Å². The van der Waals surface area contributed by atoms with Crippen LogP contribution >= 0.6 is 0 Å². The largest absolute Gasteiger partial charge is 0.443 e. The van der Waals surface area contributed by atoms with Crippen molar-refractivity contribution in [1.29, 1.82) is 0 Å². The third-order valence-corrected chi connectivity index (χ3v) is 2.69. The summed E-state index contributed by atoms with van der Waals surface area (Å²) in [5.41, 5.74) is 0. The number of likely N-dealkylation sites (tertiary alicyclic amines) is 1. The van der Waals surface area contributed by atoms with Crippen LogP contribution in [0, 0.1) is 0 Å². The highest BCUT2D eigenvalue weighted by molar-refractivity contribution is 5.69. The van der Waals surface area contributed by atoms with E-state index in [0.29, 0.717) is 13.1 Å². The third-order valence-electron chi connectivity index (χ3n) is 2.69. The summed E-state index contributed by atoms with van der Waals surface area (Å²) in [5.74, 6) is 0. The molecular weight excluding hydrogens is 184 g/mol. The predicted molar refractivity (Wildman–Crippen MR) is 50.0 cm³/mol. The lowest BCUT2D eigenvalue weighted by Gasteiger charge is -2.30.